The third kappa shape index (κ3) is 6.06. The van der Waals surface area contributed by atoms with Crippen LogP contribution in [0.1, 0.15) is 51.3 Å². The van der Waals surface area contributed by atoms with Crippen molar-refractivity contribution in [3.63, 3.8) is 0 Å². The van der Waals surface area contributed by atoms with Gasteiger partial charge in [0.05, 0.1) is 18.8 Å². The highest BCUT2D eigenvalue weighted by molar-refractivity contribution is 5.35. The molecule has 0 aliphatic carbocycles. The minimum atomic E-state index is -4.36. The highest BCUT2D eigenvalue weighted by atomic mass is 19.4. The summed E-state index contributed by atoms with van der Waals surface area (Å²) in [5.74, 6) is 0. The van der Waals surface area contributed by atoms with E-state index in [0.29, 0.717) is 11.1 Å². The molecule has 0 aliphatic rings. The lowest BCUT2D eigenvalue weighted by molar-refractivity contribution is -0.137. The van der Waals surface area contributed by atoms with E-state index in [-0.39, 0.29) is 18.6 Å². The van der Waals surface area contributed by atoms with Crippen molar-refractivity contribution in [2.75, 3.05) is 6.61 Å². The molecular weight excluding hydrogens is 279 g/mol. The van der Waals surface area contributed by atoms with Gasteiger partial charge in [-0.05, 0) is 42.5 Å². The molecule has 0 spiro atoms. The van der Waals surface area contributed by atoms with Gasteiger partial charge in [-0.3, -0.25) is 0 Å². The van der Waals surface area contributed by atoms with E-state index in [4.69, 9.17) is 10.5 Å². The van der Waals surface area contributed by atoms with Crippen LogP contribution >= 0.6 is 0 Å². The van der Waals surface area contributed by atoms with E-state index in [1.165, 1.54) is 6.07 Å². The fourth-order valence-corrected chi connectivity index (χ4v) is 1.80. The largest absolute Gasteiger partial charge is 0.416 e. The first-order valence-electron chi connectivity index (χ1n) is 6.87. The number of halogens is 3. The summed E-state index contributed by atoms with van der Waals surface area (Å²) in [4.78, 5) is 0. The van der Waals surface area contributed by atoms with E-state index >= 15 is 0 Å². The normalized spacial score (nSPS) is 13.6. The molecule has 0 saturated carbocycles. The molecule has 120 valence electrons. The van der Waals surface area contributed by atoms with Crippen molar-refractivity contribution in [2.24, 2.45) is 5.73 Å². The SMILES string of the molecule is CC(C)(N)COCc1cc(C(C)(C)C)cc(C(F)(F)F)c1. The molecule has 5 heteroatoms. The molecule has 1 aromatic carbocycles. The Hall–Kier alpha value is -1.07. The van der Waals surface area contributed by atoms with Crippen LogP contribution in [-0.2, 0) is 22.9 Å². The predicted octanol–water partition coefficient (Wildman–Crippen LogP) is 4.26. The number of nitrogens with two attached hydrogens (primary N) is 1. The van der Waals surface area contributed by atoms with Gasteiger partial charge in [0, 0.05) is 5.54 Å². The Kier molecular flexibility index (Phi) is 5.11. The minimum Gasteiger partial charge on any atom is -0.375 e. The molecule has 0 amide bonds. The maximum atomic E-state index is 13.0. The zero-order valence-corrected chi connectivity index (χ0v) is 13.3. The Morgan fingerprint density at radius 3 is 1.90 bits per heavy atom. The molecule has 0 fully saturated rings. The van der Waals surface area contributed by atoms with Crippen LogP contribution in [0.3, 0.4) is 0 Å². The van der Waals surface area contributed by atoms with Crippen molar-refractivity contribution in [3.8, 4) is 0 Å². The van der Waals surface area contributed by atoms with E-state index in [1.54, 1.807) is 19.9 Å². The Bertz CT molecular complexity index is 450. The molecular formula is C16H24F3NO. The first-order chi connectivity index (χ1) is 9.29. The number of alkyl halides is 3. The molecule has 0 bridgehead atoms. The first-order valence-corrected chi connectivity index (χ1v) is 6.87. The summed E-state index contributed by atoms with van der Waals surface area (Å²) in [7, 11) is 0. The molecule has 1 rings (SSSR count). The summed E-state index contributed by atoms with van der Waals surface area (Å²) in [5, 5.41) is 0. The maximum absolute atomic E-state index is 13.0. The third-order valence-corrected chi connectivity index (χ3v) is 2.93. The average molecular weight is 303 g/mol. The van der Waals surface area contributed by atoms with Gasteiger partial charge >= 0.3 is 6.18 Å². The highest BCUT2D eigenvalue weighted by Gasteiger charge is 2.32. The van der Waals surface area contributed by atoms with E-state index in [1.807, 2.05) is 20.8 Å². The molecule has 1 aromatic rings. The molecule has 2 N–H and O–H groups in total. The summed E-state index contributed by atoms with van der Waals surface area (Å²) in [6, 6.07) is 4.11. The molecule has 0 heterocycles. The van der Waals surface area contributed by atoms with Gasteiger partial charge < -0.3 is 10.5 Å². The number of hydrogen-bond acceptors (Lipinski definition) is 2. The predicted molar refractivity (Wildman–Crippen MR) is 78.1 cm³/mol. The van der Waals surface area contributed by atoms with Crippen LogP contribution < -0.4 is 5.73 Å². The van der Waals surface area contributed by atoms with Gasteiger partial charge in [-0.15, -0.1) is 0 Å². The van der Waals surface area contributed by atoms with Crippen molar-refractivity contribution < 1.29 is 17.9 Å². The fourth-order valence-electron chi connectivity index (χ4n) is 1.80. The summed E-state index contributed by atoms with van der Waals surface area (Å²) < 4.78 is 44.4. The maximum Gasteiger partial charge on any atom is 0.416 e. The number of benzene rings is 1. The molecule has 0 aliphatic heterocycles. The monoisotopic (exact) mass is 303 g/mol. The van der Waals surface area contributed by atoms with Crippen LogP contribution in [-0.4, -0.2) is 12.1 Å². The standard InChI is InChI=1S/C16H24F3NO/c1-14(2,3)12-6-11(9-21-10-15(4,5)20)7-13(8-12)16(17,18)19/h6-8H,9-10,20H2,1-5H3. The van der Waals surface area contributed by atoms with Crippen molar-refractivity contribution in [3.05, 3.63) is 34.9 Å². The van der Waals surface area contributed by atoms with E-state index in [9.17, 15) is 13.2 Å². The smallest absolute Gasteiger partial charge is 0.375 e. The summed E-state index contributed by atoms with van der Waals surface area (Å²) in [5.41, 5.74) is 5.45. The van der Waals surface area contributed by atoms with Crippen molar-refractivity contribution >= 4 is 0 Å². The lowest BCUT2D eigenvalue weighted by atomic mass is 9.85. The van der Waals surface area contributed by atoms with Crippen LogP contribution in [0.5, 0.6) is 0 Å². The first kappa shape index (κ1) is 18.0. The zero-order chi connectivity index (χ0) is 16.5. The van der Waals surface area contributed by atoms with Crippen LogP contribution in [0, 0.1) is 0 Å². The van der Waals surface area contributed by atoms with Gasteiger partial charge in [-0.2, -0.15) is 13.2 Å². The Morgan fingerprint density at radius 2 is 1.48 bits per heavy atom. The lowest BCUT2D eigenvalue weighted by Gasteiger charge is -2.23. The molecule has 0 aromatic heterocycles. The van der Waals surface area contributed by atoms with Crippen molar-refractivity contribution in [2.45, 2.75) is 58.4 Å². The minimum absolute atomic E-state index is 0.119. The average Bonchev–Trinajstić information content (AvgIpc) is 2.24. The molecule has 0 unspecified atom stereocenters. The second kappa shape index (κ2) is 5.97. The van der Waals surface area contributed by atoms with E-state index in [2.05, 4.69) is 0 Å². The van der Waals surface area contributed by atoms with Crippen molar-refractivity contribution in [1.29, 1.82) is 0 Å². The van der Waals surface area contributed by atoms with E-state index in [0.717, 1.165) is 6.07 Å². The third-order valence-electron chi connectivity index (χ3n) is 2.93. The Balaban J connectivity index is 3.03. The van der Waals surface area contributed by atoms with Crippen LogP contribution in [0.2, 0.25) is 0 Å². The fraction of sp³-hybridized carbons (Fsp3) is 0.625. The highest BCUT2D eigenvalue weighted by Crippen LogP contribution is 2.34. The topological polar surface area (TPSA) is 35.2 Å². The van der Waals surface area contributed by atoms with Gasteiger partial charge in [0.1, 0.15) is 0 Å². The number of ether oxygens (including phenoxy) is 1. The van der Waals surface area contributed by atoms with E-state index < -0.39 is 17.3 Å². The molecule has 21 heavy (non-hydrogen) atoms. The second-order valence-electron chi connectivity index (χ2n) is 7.15. The summed E-state index contributed by atoms with van der Waals surface area (Å²) in [6.07, 6.45) is -4.36. The van der Waals surface area contributed by atoms with Crippen LogP contribution in [0.4, 0.5) is 13.2 Å². The Labute approximate surface area is 124 Å². The van der Waals surface area contributed by atoms with Crippen LogP contribution in [0.15, 0.2) is 18.2 Å². The molecule has 0 radical (unpaired) electrons. The van der Waals surface area contributed by atoms with Crippen molar-refractivity contribution in [1.82, 2.24) is 0 Å². The number of rotatable bonds is 4. The molecule has 0 atom stereocenters. The van der Waals surface area contributed by atoms with Crippen LogP contribution in [0.25, 0.3) is 0 Å². The lowest BCUT2D eigenvalue weighted by Crippen LogP contribution is -2.37. The zero-order valence-electron chi connectivity index (χ0n) is 13.3. The van der Waals surface area contributed by atoms with Gasteiger partial charge in [0.15, 0.2) is 0 Å². The number of hydrogen-bond donors (Lipinski definition) is 1. The Morgan fingerprint density at radius 1 is 0.952 bits per heavy atom. The molecule has 2 nitrogen and oxygen atoms in total. The summed E-state index contributed by atoms with van der Waals surface area (Å²) >= 11 is 0. The molecule has 0 saturated heterocycles. The van der Waals surface area contributed by atoms with Gasteiger partial charge in [-0.1, -0.05) is 26.8 Å². The van der Waals surface area contributed by atoms with Gasteiger partial charge in [0.2, 0.25) is 0 Å². The summed E-state index contributed by atoms with van der Waals surface area (Å²) in [6.45, 7) is 9.67. The second-order valence-corrected chi connectivity index (χ2v) is 7.15. The van der Waals surface area contributed by atoms with Gasteiger partial charge in [0.25, 0.3) is 0 Å². The van der Waals surface area contributed by atoms with Gasteiger partial charge in [-0.25, -0.2) is 0 Å². The quantitative estimate of drug-likeness (QED) is 0.902.